The van der Waals surface area contributed by atoms with Gasteiger partial charge in [0.05, 0.1) is 45.6 Å². The number of nitrogens with one attached hydrogen (secondary N) is 2. The maximum Gasteiger partial charge on any atom is 0.262 e. The molecular weight excluding hydrogens is 776 g/mol. The van der Waals surface area contributed by atoms with Crippen molar-refractivity contribution >= 4 is 74.9 Å². The largest absolute Gasteiger partial charge is 0.493 e. The quantitative estimate of drug-likeness (QED) is 0.136. The highest BCUT2D eigenvalue weighted by Crippen LogP contribution is 2.39. The average molecular weight is 819 g/mol. The first-order valence-electron chi connectivity index (χ1n) is 19.2. The zero-order chi connectivity index (χ0) is 40.1. The Balaban J connectivity index is 0.885. The van der Waals surface area contributed by atoms with Gasteiger partial charge in [0, 0.05) is 55.3 Å². The first kappa shape index (κ1) is 38.8. The molecule has 4 aliphatic rings. The van der Waals surface area contributed by atoms with Gasteiger partial charge in [-0.3, -0.25) is 34.3 Å². The van der Waals surface area contributed by atoms with Gasteiger partial charge >= 0.3 is 0 Å². The number of hydrogen-bond acceptors (Lipinski definition) is 11. The number of benzene rings is 3. The number of ether oxygens (including phenoxy) is 2. The number of carbonyl (C=O) groups is 4. The van der Waals surface area contributed by atoms with E-state index in [0.717, 1.165) is 55.9 Å². The Bertz CT molecular complexity index is 2280. The standard InChI is InChI=1S/C41H42Cl2FN7O6/c1-21-17-49(24-6-9-26-27(14-24)41(55)51(40(26)54)32-12-13-35(52)48-39(32)53)18-22(2)50(21)19-23-4-7-25(8-5-23)57-34-15-28-31(16-33(34)56-3)45-20-46-38(28)47-30-11-10-29(42)36(43)37(30)44/h6,9-11,14-16,20-23,25,32H,4-5,7-8,12-13,17-19H2,1-3H3,(H,45,46,47)(H,48,52,53). The second kappa shape index (κ2) is 15.7. The van der Waals surface area contributed by atoms with Crippen LogP contribution in [0.2, 0.25) is 10.0 Å². The maximum atomic E-state index is 14.9. The minimum atomic E-state index is -0.994. The highest BCUT2D eigenvalue weighted by atomic mass is 35.5. The lowest BCUT2D eigenvalue weighted by Gasteiger charge is -2.47. The number of anilines is 3. The molecule has 1 aromatic heterocycles. The summed E-state index contributed by atoms with van der Waals surface area (Å²) < 4.78 is 27.2. The molecular formula is C41H42Cl2FN7O6. The third-order valence-electron chi connectivity index (χ3n) is 11.7. The van der Waals surface area contributed by atoms with Crippen molar-refractivity contribution in [1.29, 1.82) is 0 Å². The summed E-state index contributed by atoms with van der Waals surface area (Å²) in [5.41, 5.74) is 2.15. The molecule has 8 rings (SSSR count). The van der Waals surface area contributed by atoms with Crippen LogP contribution in [0.15, 0.2) is 48.8 Å². The molecule has 4 amide bonds. The van der Waals surface area contributed by atoms with E-state index in [1.54, 1.807) is 25.3 Å². The SMILES string of the molecule is COc1cc2ncnc(Nc3ccc(Cl)c(Cl)c3F)c2cc1OC1CCC(CN2C(C)CN(c3ccc4c(c3)C(=O)N(C3CCC(=O)NC3=O)C4=O)CC2C)CC1. The second-order valence-electron chi connectivity index (χ2n) is 15.3. The normalized spacial score (nSPS) is 24.1. The van der Waals surface area contributed by atoms with Gasteiger partial charge in [-0.05, 0) is 88.3 Å². The number of amides is 4. The van der Waals surface area contributed by atoms with Crippen molar-refractivity contribution in [2.75, 3.05) is 37.0 Å². The van der Waals surface area contributed by atoms with Gasteiger partial charge in [0.1, 0.15) is 18.2 Å². The average Bonchev–Trinajstić information content (AvgIpc) is 3.44. The molecule has 4 heterocycles. The molecule has 298 valence electrons. The van der Waals surface area contributed by atoms with E-state index < -0.39 is 35.5 Å². The monoisotopic (exact) mass is 817 g/mol. The van der Waals surface area contributed by atoms with Crippen molar-refractivity contribution in [2.24, 2.45) is 5.92 Å². The summed E-state index contributed by atoms with van der Waals surface area (Å²) in [6.45, 7) is 6.90. The van der Waals surface area contributed by atoms with Gasteiger partial charge in [0.15, 0.2) is 17.3 Å². The molecule has 0 radical (unpaired) electrons. The van der Waals surface area contributed by atoms with E-state index in [2.05, 4.69) is 44.2 Å². The third-order valence-corrected chi connectivity index (χ3v) is 12.4. The van der Waals surface area contributed by atoms with Gasteiger partial charge in [-0.2, -0.15) is 0 Å². The van der Waals surface area contributed by atoms with E-state index in [9.17, 15) is 23.6 Å². The summed E-state index contributed by atoms with van der Waals surface area (Å²) in [4.78, 5) is 65.4. The highest BCUT2D eigenvalue weighted by molar-refractivity contribution is 6.42. The number of nitrogens with zero attached hydrogens (tertiary/aromatic N) is 5. The van der Waals surface area contributed by atoms with Gasteiger partial charge in [-0.1, -0.05) is 23.2 Å². The van der Waals surface area contributed by atoms with Crippen molar-refractivity contribution < 1.29 is 33.0 Å². The van der Waals surface area contributed by atoms with Crippen LogP contribution in [-0.2, 0) is 9.59 Å². The minimum Gasteiger partial charge on any atom is -0.493 e. The number of piperazine rings is 1. The molecule has 3 atom stereocenters. The molecule has 16 heteroatoms. The van der Waals surface area contributed by atoms with Gasteiger partial charge in [0.2, 0.25) is 11.8 Å². The van der Waals surface area contributed by atoms with Crippen LogP contribution in [0.3, 0.4) is 0 Å². The summed E-state index contributed by atoms with van der Waals surface area (Å²) in [5.74, 6) is -0.736. The molecule has 0 spiro atoms. The van der Waals surface area contributed by atoms with Crippen LogP contribution in [0.1, 0.15) is 73.1 Å². The highest BCUT2D eigenvalue weighted by Gasteiger charge is 2.45. The van der Waals surface area contributed by atoms with Crippen LogP contribution in [0.4, 0.5) is 21.6 Å². The number of piperidine rings is 1. The number of carbonyl (C=O) groups excluding carboxylic acids is 4. The predicted molar refractivity (Wildman–Crippen MR) is 213 cm³/mol. The molecule has 3 aliphatic heterocycles. The Morgan fingerprint density at radius 1 is 0.895 bits per heavy atom. The lowest BCUT2D eigenvalue weighted by Crippen LogP contribution is -2.58. The zero-order valence-electron chi connectivity index (χ0n) is 31.7. The van der Waals surface area contributed by atoms with E-state index in [1.165, 1.54) is 18.5 Å². The summed E-state index contributed by atoms with van der Waals surface area (Å²) in [6.07, 6.45) is 5.31. The Hall–Kier alpha value is -5.05. The molecule has 1 aliphatic carbocycles. The lowest BCUT2D eigenvalue weighted by molar-refractivity contribution is -0.136. The molecule has 2 N–H and O–H groups in total. The van der Waals surface area contributed by atoms with Crippen molar-refractivity contribution in [2.45, 2.75) is 76.6 Å². The molecule has 1 saturated carbocycles. The van der Waals surface area contributed by atoms with Crippen molar-refractivity contribution in [3.63, 3.8) is 0 Å². The van der Waals surface area contributed by atoms with Gasteiger partial charge in [-0.25, -0.2) is 14.4 Å². The molecule has 0 bridgehead atoms. The molecule has 3 aromatic carbocycles. The number of rotatable bonds is 9. The van der Waals surface area contributed by atoms with Crippen LogP contribution in [0, 0.1) is 11.7 Å². The molecule has 3 fully saturated rings. The van der Waals surface area contributed by atoms with Crippen molar-refractivity contribution in [1.82, 2.24) is 25.1 Å². The molecule has 2 saturated heterocycles. The van der Waals surface area contributed by atoms with E-state index in [0.29, 0.717) is 34.1 Å². The van der Waals surface area contributed by atoms with Crippen molar-refractivity contribution in [3.8, 4) is 11.5 Å². The third kappa shape index (κ3) is 7.46. The van der Waals surface area contributed by atoms with Crippen LogP contribution < -0.4 is 25.0 Å². The minimum absolute atomic E-state index is 0.0202. The molecule has 3 unspecified atom stereocenters. The number of hydrogen-bond donors (Lipinski definition) is 2. The van der Waals surface area contributed by atoms with Crippen LogP contribution in [0.5, 0.6) is 11.5 Å². The fourth-order valence-corrected chi connectivity index (χ4v) is 8.97. The van der Waals surface area contributed by atoms with Crippen LogP contribution >= 0.6 is 23.2 Å². The molecule has 57 heavy (non-hydrogen) atoms. The van der Waals surface area contributed by atoms with Gasteiger partial charge in [-0.15, -0.1) is 0 Å². The van der Waals surface area contributed by atoms with E-state index in [-0.39, 0.29) is 57.9 Å². The summed E-state index contributed by atoms with van der Waals surface area (Å²) in [6, 6.07) is 11.4. The molecule has 13 nitrogen and oxygen atoms in total. The van der Waals surface area contributed by atoms with E-state index in [1.807, 2.05) is 12.1 Å². The lowest BCUT2D eigenvalue weighted by atomic mass is 9.86. The van der Waals surface area contributed by atoms with Crippen LogP contribution in [0.25, 0.3) is 10.9 Å². The molecule has 4 aromatic rings. The first-order chi connectivity index (χ1) is 27.4. The van der Waals surface area contributed by atoms with E-state index in [4.69, 9.17) is 32.7 Å². The fraction of sp³-hybridized carbons (Fsp3) is 0.415. The maximum absolute atomic E-state index is 14.9. The number of imide groups is 2. The summed E-state index contributed by atoms with van der Waals surface area (Å²) >= 11 is 12.0. The second-order valence-corrected chi connectivity index (χ2v) is 16.1. The predicted octanol–water partition coefficient (Wildman–Crippen LogP) is 6.77. The fourth-order valence-electron chi connectivity index (χ4n) is 8.66. The summed E-state index contributed by atoms with van der Waals surface area (Å²) in [5, 5.41) is 5.83. The van der Waals surface area contributed by atoms with E-state index >= 15 is 0 Å². The smallest absolute Gasteiger partial charge is 0.262 e. The van der Waals surface area contributed by atoms with Crippen LogP contribution in [-0.4, -0.2) is 94.4 Å². The number of methoxy groups -OCH3 is 1. The first-order valence-corrected chi connectivity index (χ1v) is 19.9. The number of aromatic nitrogens is 2. The summed E-state index contributed by atoms with van der Waals surface area (Å²) in [7, 11) is 1.58. The Morgan fingerprint density at radius 3 is 2.35 bits per heavy atom. The Morgan fingerprint density at radius 2 is 1.63 bits per heavy atom. The number of halogens is 3. The topological polar surface area (TPSA) is 146 Å². The van der Waals surface area contributed by atoms with Crippen molar-refractivity contribution in [3.05, 3.63) is 75.8 Å². The van der Waals surface area contributed by atoms with Gasteiger partial charge in [0.25, 0.3) is 11.8 Å². The zero-order valence-corrected chi connectivity index (χ0v) is 33.2. The Kier molecular flexibility index (Phi) is 10.7. The number of fused-ring (bicyclic) bond motifs is 2. The van der Waals surface area contributed by atoms with Gasteiger partial charge < -0.3 is 19.7 Å². The Labute approximate surface area is 338 Å².